The van der Waals surface area contributed by atoms with Gasteiger partial charge in [-0.15, -0.1) is 0 Å². The Kier molecular flexibility index (Phi) is 5.41. The van der Waals surface area contributed by atoms with Crippen LogP contribution in [0.5, 0.6) is 0 Å². The van der Waals surface area contributed by atoms with Crippen LogP contribution >= 0.6 is 23.2 Å². The lowest BCUT2D eigenvalue weighted by atomic mass is 9.89. The Morgan fingerprint density at radius 2 is 2.07 bits per heavy atom. The number of fused-ring (bicyclic) bond motifs is 1. The standard InChI is InChI=1S/C16H17Cl2N3O7/c17-9-1-8(4-19-13(9)18)21-5-10-16(7-21,6-20-10)28-12(24)3-15(27,14(25)26)2-11(22)23/h1,4,10,20,27H,2-3,5-7H2,(H,22,23)(H,25,26)/t10-,15?,16+/m1/s1. The maximum absolute atomic E-state index is 12.3. The number of anilines is 1. The smallest absolute Gasteiger partial charge is 0.336 e. The number of aliphatic hydroxyl groups is 1. The molecule has 2 saturated heterocycles. The van der Waals surface area contributed by atoms with Crippen molar-refractivity contribution in [1.82, 2.24) is 10.3 Å². The number of hydrogen-bond acceptors (Lipinski definition) is 8. The minimum absolute atomic E-state index is 0.165. The van der Waals surface area contributed by atoms with Crippen molar-refractivity contribution in [3.8, 4) is 0 Å². The lowest BCUT2D eigenvalue weighted by molar-refractivity contribution is -0.181. The Morgan fingerprint density at radius 1 is 1.36 bits per heavy atom. The number of carboxylic acid groups (broad SMARTS) is 2. The summed E-state index contributed by atoms with van der Waals surface area (Å²) in [6, 6.07) is 1.41. The van der Waals surface area contributed by atoms with E-state index in [1.165, 1.54) is 6.20 Å². The van der Waals surface area contributed by atoms with Gasteiger partial charge in [-0.25, -0.2) is 9.78 Å². The fourth-order valence-electron chi connectivity index (χ4n) is 3.36. The van der Waals surface area contributed by atoms with Gasteiger partial charge < -0.3 is 30.3 Å². The predicted octanol–water partition coefficient (Wildman–Crippen LogP) is 0.143. The molecule has 28 heavy (non-hydrogen) atoms. The van der Waals surface area contributed by atoms with Gasteiger partial charge in [0.05, 0.1) is 42.3 Å². The fraction of sp³-hybridized carbons (Fsp3) is 0.500. The van der Waals surface area contributed by atoms with Crippen molar-refractivity contribution in [1.29, 1.82) is 0 Å². The van der Waals surface area contributed by atoms with Gasteiger partial charge >= 0.3 is 17.9 Å². The Balaban J connectivity index is 1.70. The number of esters is 1. The first kappa shape index (κ1) is 20.6. The van der Waals surface area contributed by atoms with Gasteiger partial charge in [-0.1, -0.05) is 23.2 Å². The third kappa shape index (κ3) is 3.86. The third-order valence-electron chi connectivity index (χ3n) is 4.89. The molecule has 0 radical (unpaired) electrons. The predicted molar refractivity (Wildman–Crippen MR) is 96.5 cm³/mol. The molecule has 152 valence electrons. The highest BCUT2D eigenvalue weighted by Crippen LogP contribution is 2.37. The van der Waals surface area contributed by atoms with Gasteiger partial charge in [0.2, 0.25) is 0 Å². The van der Waals surface area contributed by atoms with Crippen molar-refractivity contribution < 1.29 is 34.4 Å². The molecule has 0 aromatic carbocycles. The molecule has 4 N–H and O–H groups in total. The van der Waals surface area contributed by atoms with Gasteiger partial charge in [0.25, 0.3) is 0 Å². The molecule has 3 heterocycles. The minimum atomic E-state index is -2.74. The van der Waals surface area contributed by atoms with Crippen LogP contribution in [0.2, 0.25) is 10.2 Å². The first-order valence-electron chi connectivity index (χ1n) is 8.23. The number of carboxylic acids is 2. The number of halogens is 2. The van der Waals surface area contributed by atoms with E-state index in [9.17, 15) is 19.5 Å². The van der Waals surface area contributed by atoms with E-state index < -0.39 is 42.0 Å². The topological polar surface area (TPSA) is 149 Å². The molecule has 3 rings (SSSR count). The highest BCUT2D eigenvalue weighted by atomic mass is 35.5. The van der Waals surface area contributed by atoms with Crippen LogP contribution in [-0.4, -0.2) is 75.1 Å². The average Bonchev–Trinajstić information content (AvgIpc) is 2.81. The number of nitrogens with one attached hydrogen (secondary N) is 1. The van der Waals surface area contributed by atoms with Gasteiger partial charge in [0.15, 0.2) is 11.2 Å². The number of aliphatic carboxylic acids is 2. The molecular weight excluding hydrogens is 417 g/mol. The number of carbonyl (C=O) groups is 3. The van der Waals surface area contributed by atoms with Crippen LogP contribution in [0.15, 0.2) is 12.3 Å². The summed E-state index contributed by atoms with van der Waals surface area (Å²) >= 11 is 11.8. The van der Waals surface area contributed by atoms with E-state index in [4.69, 9.17) is 38.2 Å². The molecule has 1 aromatic heterocycles. The molecule has 0 saturated carbocycles. The summed E-state index contributed by atoms with van der Waals surface area (Å²) in [6.07, 6.45) is -0.560. The van der Waals surface area contributed by atoms with E-state index in [-0.39, 0.29) is 16.2 Å². The van der Waals surface area contributed by atoms with Crippen molar-refractivity contribution in [3.63, 3.8) is 0 Å². The number of carbonyl (C=O) groups excluding carboxylic acids is 1. The number of ether oxygens (including phenoxy) is 1. The number of hydrogen-bond donors (Lipinski definition) is 4. The zero-order chi connectivity index (χ0) is 20.7. The van der Waals surface area contributed by atoms with E-state index >= 15 is 0 Å². The number of pyridine rings is 1. The van der Waals surface area contributed by atoms with Crippen molar-refractivity contribution in [2.75, 3.05) is 24.5 Å². The Bertz CT molecular complexity index is 838. The van der Waals surface area contributed by atoms with Crippen molar-refractivity contribution in [3.05, 3.63) is 22.4 Å². The van der Waals surface area contributed by atoms with E-state index in [2.05, 4.69) is 10.3 Å². The minimum Gasteiger partial charge on any atom is -0.481 e. The molecular formula is C16H17Cl2N3O7. The maximum Gasteiger partial charge on any atom is 0.336 e. The number of aromatic nitrogens is 1. The first-order chi connectivity index (χ1) is 13.0. The molecule has 2 fully saturated rings. The second-order valence-corrected chi connectivity index (χ2v) is 7.67. The van der Waals surface area contributed by atoms with E-state index in [1.54, 1.807) is 6.07 Å². The summed E-state index contributed by atoms with van der Waals surface area (Å²) in [7, 11) is 0. The van der Waals surface area contributed by atoms with Gasteiger partial charge in [0.1, 0.15) is 5.15 Å². The quantitative estimate of drug-likeness (QED) is 0.345. The van der Waals surface area contributed by atoms with E-state index in [0.29, 0.717) is 25.3 Å². The highest BCUT2D eigenvalue weighted by molar-refractivity contribution is 6.41. The molecule has 3 atom stereocenters. The molecule has 1 unspecified atom stereocenters. The molecule has 0 amide bonds. The zero-order valence-electron chi connectivity index (χ0n) is 14.4. The number of nitrogens with zero attached hydrogens (tertiary/aromatic N) is 2. The highest BCUT2D eigenvalue weighted by Gasteiger charge is 2.57. The van der Waals surface area contributed by atoms with E-state index in [0.717, 1.165) is 0 Å². The number of rotatable bonds is 7. The summed E-state index contributed by atoms with van der Waals surface area (Å²) in [5.74, 6) is -4.34. The molecule has 10 nitrogen and oxygen atoms in total. The average molecular weight is 434 g/mol. The molecule has 12 heteroatoms. The van der Waals surface area contributed by atoms with Crippen molar-refractivity contribution in [2.45, 2.75) is 30.1 Å². The van der Waals surface area contributed by atoms with Crippen molar-refractivity contribution >= 4 is 46.8 Å². The third-order valence-corrected chi connectivity index (χ3v) is 5.57. The maximum atomic E-state index is 12.3. The van der Waals surface area contributed by atoms with Crippen molar-refractivity contribution in [2.24, 2.45) is 0 Å². The van der Waals surface area contributed by atoms with Gasteiger partial charge in [-0.05, 0) is 6.07 Å². The lowest BCUT2D eigenvalue weighted by Crippen LogP contribution is -2.69. The molecule has 2 aliphatic heterocycles. The van der Waals surface area contributed by atoms with Crippen LogP contribution in [0.1, 0.15) is 12.8 Å². The molecule has 1 aromatic rings. The Labute approximate surface area is 169 Å². The normalized spacial score (nSPS) is 25.4. The molecule has 0 bridgehead atoms. The van der Waals surface area contributed by atoms with Crippen LogP contribution < -0.4 is 10.2 Å². The SMILES string of the molecule is O=C(O)CC(O)(CC(=O)O[C@]12CN[C@@H]1CN(c1cnc(Cl)c(Cl)c1)C2)C(=O)O. The summed E-state index contributed by atoms with van der Waals surface area (Å²) in [6.45, 7) is 1.10. The summed E-state index contributed by atoms with van der Waals surface area (Å²) < 4.78 is 5.49. The molecule has 0 spiro atoms. The van der Waals surface area contributed by atoms with Crippen LogP contribution in [0.25, 0.3) is 0 Å². The first-order valence-corrected chi connectivity index (χ1v) is 8.99. The zero-order valence-corrected chi connectivity index (χ0v) is 15.9. The Morgan fingerprint density at radius 3 is 2.61 bits per heavy atom. The lowest BCUT2D eigenvalue weighted by Gasteiger charge is -2.43. The van der Waals surface area contributed by atoms with Crippen LogP contribution in [0.3, 0.4) is 0 Å². The fourth-order valence-corrected chi connectivity index (χ4v) is 3.63. The molecule has 0 aliphatic carbocycles. The van der Waals surface area contributed by atoms with E-state index in [1.807, 2.05) is 4.90 Å². The summed E-state index contributed by atoms with van der Waals surface area (Å²) in [4.78, 5) is 40.2. The summed E-state index contributed by atoms with van der Waals surface area (Å²) in [5, 5.41) is 31.5. The van der Waals surface area contributed by atoms with Gasteiger partial charge in [-0.3, -0.25) is 9.59 Å². The second kappa shape index (κ2) is 7.36. The molecule has 2 aliphatic rings. The van der Waals surface area contributed by atoms with Crippen LogP contribution in [-0.2, 0) is 19.1 Å². The van der Waals surface area contributed by atoms with Crippen LogP contribution in [0.4, 0.5) is 5.69 Å². The largest absolute Gasteiger partial charge is 0.481 e. The summed E-state index contributed by atoms with van der Waals surface area (Å²) in [5.41, 5.74) is -2.99. The second-order valence-electron chi connectivity index (χ2n) is 6.90. The van der Waals surface area contributed by atoms with Crippen LogP contribution in [0, 0.1) is 0 Å². The van der Waals surface area contributed by atoms with Gasteiger partial charge in [0, 0.05) is 13.1 Å². The van der Waals surface area contributed by atoms with Gasteiger partial charge in [-0.2, -0.15) is 0 Å². The Hall–Kier alpha value is -2.14. The monoisotopic (exact) mass is 433 g/mol.